The Morgan fingerprint density at radius 2 is 1.52 bits per heavy atom. The molecule has 6 atom stereocenters. The van der Waals surface area contributed by atoms with E-state index in [1.165, 1.54) is 0 Å². The van der Waals surface area contributed by atoms with Gasteiger partial charge in [-0.15, -0.1) is 0 Å². The van der Waals surface area contributed by atoms with Crippen molar-refractivity contribution in [3.8, 4) is 0 Å². The molecule has 1 heterocycles. The Bertz CT molecular complexity index is 1540. The van der Waals surface area contributed by atoms with Gasteiger partial charge in [-0.3, -0.25) is 19.2 Å². The van der Waals surface area contributed by atoms with E-state index in [9.17, 15) is 32.4 Å². The molecule has 0 unspecified atom stereocenters. The number of fused-ring (bicyclic) bond motifs is 1. The summed E-state index contributed by atoms with van der Waals surface area (Å²) in [6.45, 7) is 12.0. The van der Waals surface area contributed by atoms with Crippen LogP contribution >= 0.6 is 0 Å². The Hall–Kier alpha value is -2.70. The first kappa shape index (κ1) is 39.0. The van der Waals surface area contributed by atoms with Crippen molar-refractivity contribution in [2.45, 2.75) is 159 Å². The van der Waals surface area contributed by atoms with Gasteiger partial charge in [0, 0.05) is 13.1 Å². The van der Waals surface area contributed by atoms with E-state index < -0.39 is 61.4 Å². The van der Waals surface area contributed by atoms with E-state index in [2.05, 4.69) is 35.1 Å². The molecule has 5 amide bonds. The van der Waals surface area contributed by atoms with Gasteiger partial charge >= 0.3 is 6.03 Å². The maximum absolute atomic E-state index is 14.8. The lowest BCUT2D eigenvalue weighted by atomic mass is 9.82. The van der Waals surface area contributed by atoms with Crippen molar-refractivity contribution < 1.29 is 32.4 Å². The van der Waals surface area contributed by atoms with E-state index in [-0.39, 0.29) is 40.7 Å². The molecule has 1 aliphatic heterocycles. The average Bonchev–Trinajstić information content (AvgIpc) is 4.04. The molecule has 6 aliphatic rings. The summed E-state index contributed by atoms with van der Waals surface area (Å²) in [5, 5.41) is 11.9. The molecular weight excluding hydrogens is 683 g/mol. The van der Waals surface area contributed by atoms with Crippen LogP contribution < -0.4 is 21.3 Å². The third kappa shape index (κ3) is 7.63. The second-order valence-corrected chi connectivity index (χ2v) is 21.6. The molecule has 0 aromatic carbocycles. The highest BCUT2D eigenvalue weighted by Crippen LogP contribution is 2.65. The summed E-state index contributed by atoms with van der Waals surface area (Å²) in [5.41, 5.74) is -2.38. The molecule has 52 heavy (non-hydrogen) atoms. The normalized spacial score (nSPS) is 31.5. The Labute approximate surface area is 310 Å². The number of Topliss-reactive ketones (excluding diaryl/α,β-unsaturated/α-hetero) is 1. The molecule has 6 fully saturated rings. The molecule has 0 aromatic heterocycles. The lowest BCUT2D eigenvalue weighted by molar-refractivity contribution is -0.145. The predicted molar refractivity (Wildman–Crippen MR) is 198 cm³/mol. The number of piperidine rings is 1. The molecule has 292 valence electrons. The number of amides is 5. The van der Waals surface area contributed by atoms with Gasteiger partial charge < -0.3 is 26.2 Å². The summed E-state index contributed by atoms with van der Waals surface area (Å²) in [6, 6.07) is -2.27. The number of ketones is 1. The zero-order valence-corrected chi connectivity index (χ0v) is 33.1. The van der Waals surface area contributed by atoms with Gasteiger partial charge in [-0.05, 0) is 101 Å². The number of sulfone groups is 1. The molecule has 12 nitrogen and oxygen atoms in total. The van der Waals surface area contributed by atoms with E-state index in [1.54, 1.807) is 25.7 Å². The number of likely N-dealkylation sites (tertiary alicyclic amines) is 1. The molecule has 5 aliphatic carbocycles. The van der Waals surface area contributed by atoms with Crippen molar-refractivity contribution in [1.82, 2.24) is 26.2 Å². The summed E-state index contributed by atoms with van der Waals surface area (Å²) in [4.78, 5) is 71.3. The molecule has 13 heteroatoms. The number of hydrogen-bond donors (Lipinski definition) is 4. The quantitative estimate of drug-likeness (QED) is 0.207. The average molecular weight is 746 g/mol. The van der Waals surface area contributed by atoms with Gasteiger partial charge in [-0.2, -0.15) is 0 Å². The lowest BCUT2D eigenvalue weighted by Crippen LogP contribution is -2.63. The van der Waals surface area contributed by atoms with Crippen LogP contribution in [-0.2, 0) is 29.0 Å². The van der Waals surface area contributed by atoms with Gasteiger partial charge in [0.2, 0.25) is 17.6 Å². The molecular formula is C39H63N5O7S. The van der Waals surface area contributed by atoms with E-state index in [1.807, 2.05) is 6.92 Å². The van der Waals surface area contributed by atoms with Gasteiger partial charge in [0.15, 0.2) is 9.84 Å². The van der Waals surface area contributed by atoms with Crippen molar-refractivity contribution in [2.24, 2.45) is 35.0 Å². The number of urea groups is 1. The monoisotopic (exact) mass is 745 g/mol. The Morgan fingerprint density at radius 1 is 0.885 bits per heavy atom. The summed E-state index contributed by atoms with van der Waals surface area (Å²) >= 11 is 0. The number of nitrogens with zero attached hydrogens (tertiary/aromatic N) is 1. The van der Waals surface area contributed by atoms with E-state index in [0.717, 1.165) is 64.2 Å². The number of hydrogen-bond acceptors (Lipinski definition) is 7. The van der Waals surface area contributed by atoms with E-state index in [4.69, 9.17) is 0 Å². The smallest absolute Gasteiger partial charge is 0.315 e. The fourth-order valence-corrected chi connectivity index (χ4v) is 11.3. The number of carbonyl (C=O) groups excluding carboxylic acids is 5. The second kappa shape index (κ2) is 14.2. The van der Waals surface area contributed by atoms with E-state index >= 15 is 0 Å². The third-order valence-corrected chi connectivity index (χ3v) is 16.6. The first-order valence-corrected chi connectivity index (χ1v) is 21.8. The van der Waals surface area contributed by atoms with Crippen molar-refractivity contribution in [3.05, 3.63) is 0 Å². The van der Waals surface area contributed by atoms with Crippen LogP contribution in [-0.4, -0.2) is 89.6 Å². The van der Waals surface area contributed by atoms with Gasteiger partial charge in [-0.1, -0.05) is 65.7 Å². The predicted octanol–water partition coefficient (Wildman–Crippen LogP) is 4.01. The third-order valence-electron chi connectivity index (χ3n) is 13.8. The van der Waals surface area contributed by atoms with Crippen molar-refractivity contribution in [3.63, 3.8) is 0 Å². The number of rotatable bonds is 13. The Balaban J connectivity index is 1.22. The summed E-state index contributed by atoms with van der Waals surface area (Å²) in [7, 11) is -3.55. The molecule has 0 spiro atoms. The molecule has 5 saturated carbocycles. The molecule has 0 bridgehead atoms. The number of carbonyl (C=O) groups is 5. The highest BCUT2D eigenvalue weighted by molar-refractivity contribution is 7.92. The van der Waals surface area contributed by atoms with Gasteiger partial charge in [0.25, 0.3) is 5.91 Å². The molecule has 6 rings (SSSR count). The SMILES string of the molecule is CC[C@H]1C[C@]1(NC(=O)[C@@H]1[C@@H]2[C@H](CN1C(=O)[C@@H](NC(=O)NC1(CS(=O)(=O)C(C)(C)C)CCCCC1)C1CCCCC1)C2(C)C)C(=O)C(=O)NCC1CC1. The van der Waals surface area contributed by atoms with Crippen LogP contribution in [0.2, 0.25) is 0 Å². The fourth-order valence-electron chi connectivity index (χ4n) is 9.82. The van der Waals surface area contributed by atoms with Crippen LogP contribution in [0.3, 0.4) is 0 Å². The van der Waals surface area contributed by atoms with Gasteiger partial charge in [-0.25, -0.2) is 13.2 Å². The maximum atomic E-state index is 14.8. The minimum atomic E-state index is -3.55. The summed E-state index contributed by atoms with van der Waals surface area (Å²) < 4.78 is 25.9. The van der Waals surface area contributed by atoms with Crippen LogP contribution in [0, 0.1) is 35.0 Å². The first-order chi connectivity index (χ1) is 24.4. The lowest BCUT2D eigenvalue weighted by Gasteiger charge is -2.41. The zero-order valence-electron chi connectivity index (χ0n) is 32.3. The minimum absolute atomic E-state index is 0.0933. The van der Waals surface area contributed by atoms with Crippen LogP contribution in [0.15, 0.2) is 0 Å². The minimum Gasteiger partial charge on any atom is -0.349 e. The standard InChI is InChI=1S/C39H63N5O7S/c1-7-26-20-39(26,31(45)33(47)40-21-24-16-17-24)42-32(46)30-28-27(37(28,5)6)22-44(30)34(48)29(25-14-10-8-11-15-25)41-35(49)43-38(18-12-9-13-19-38)23-52(50,51)36(2,3)4/h24-30H,7-23H2,1-6H3,(H,40,47)(H,42,46)(H2,41,43,49)/t26-,27-,28-,29-,30-,39+/m0/s1. The highest BCUT2D eigenvalue weighted by Gasteiger charge is 2.71. The molecule has 4 N–H and O–H groups in total. The summed E-state index contributed by atoms with van der Waals surface area (Å²) in [6.07, 6.45) is 11.2. The van der Waals surface area contributed by atoms with Crippen molar-refractivity contribution in [1.29, 1.82) is 0 Å². The highest BCUT2D eigenvalue weighted by atomic mass is 32.2. The molecule has 0 radical (unpaired) electrons. The largest absolute Gasteiger partial charge is 0.349 e. The van der Waals surface area contributed by atoms with Gasteiger partial charge in [0.1, 0.15) is 17.6 Å². The Morgan fingerprint density at radius 3 is 2.10 bits per heavy atom. The van der Waals surface area contributed by atoms with Crippen molar-refractivity contribution in [2.75, 3.05) is 18.8 Å². The van der Waals surface area contributed by atoms with E-state index in [0.29, 0.717) is 44.7 Å². The van der Waals surface area contributed by atoms with Crippen LogP contribution in [0.1, 0.15) is 131 Å². The van der Waals surface area contributed by atoms with Crippen LogP contribution in [0.25, 0.3) is 0 Å². The number of nitrogens with one attached hydrogen (secondary N) is 4. The van der Waals surface area contributed by atoms with Gasteiger partial charge in [0.05, 0.1) is 16.0 Å². The molecule has 0 aromatic rings. The first-order valence-electron chi connectivity index (χ1n) is 20.1. The topological polar surface area (TPSA) is 171 Å². The zero-order chi connectivity index (χ0) is 37.9. The Kier molecular flexibility index (Phi) is 10.6. The maximum Gasteiger partial charge on any atom is 0.315 e. The van der Waals surface area contributed by atoms with Crippen LogP contribution in [0.5, 0.6) is 0 Å². The fraction of sp³-hybridized carbons (Fsp3) is 0.872. The van der Waals surface area contributed by atoms with Crippen LogP contribution in [0.4, 0.5) is 4.79 Å². The summed E-state index contributed by atoms with van der Waals surface area (Å²) in [5.74, 6) is -2.05. The molecule has 1 saturated heterocycles. The second-order valence-electron chi connectivity index (χ2n) is 18.8. The van der Waals surface area contributed by atoms with Crippen molar-refractivity contribution >= 4 is 39.4 Å².